The summed E-state index contributed by atoms with van der Waals surface area (Å²) in [5.74, 6) is 5.50. The summed E-state index contributed by atoms with van der Waals surface area (Å²) in [6, 6.07) is 0. The highest BCUT2D eigenvalue weighted by Gasteiger charge is 2.30. The Morgan fingerprint density at radius 1 is 1.73 bits per heavy atom. The first-order chi connectivity index (χ1) is 5.15. The Balaban J connectivity index is 2.31. The molecule has 0 bridgehead atoms. The third-order valence-corrected chi connectivity index (χ3v) is 1.93. The van der Waals surface area contributed by atoms with Gasteiger partial charge in [0.1, 0.15) is 0 Å². The van der Waals surface area contributed by atoms with Crippen molar-refractivity contribution in [2.24, 2.45) is 11.8 Å². The Labute approximate surface area is 66.3 Å². The van der Waals surface area contributed by atoms with E-state index in [0.717, 1.165) is 13.1 Å². The van der Waals surface area contributed by atoms with Crippen LogP contribution in [0.1, 0.15) is 13.8 Å². The van der Waals surface area contributed by atoms with E-state index in [9.17, 15) is 4.79 Å². The number of likely N-dealkylation sites (tertiary alicyclic amines) is 1. The molecule has 11 heavy (non-hydrogen) atoms. The van der Waals surface area contributed by atoms with Crippen LogP contribution in [0.25, 0.3) is 0 Å². The van der Waals surface area contributed by atoms with Crippen LogP contribution >= 0.6 is 0 Å². The molecule has 1 atom stereocenters. The average Bonchev–Trinajstić information content (AvgIpc) is 1.96. The van der Waals surface area contributed by atoms with Gasteiger partial charge in [-0.25, -0.2) is 5.90 Å². The molecule has 0 spiro atoms. The van der Waals surface area contributed by atoms with Crippen LogP contribution in [0.5, 0.6) is 0 Å². The second-order valence-corrected chi connectivity index (χ2v) is 3.13. The third kappa shape index (κ3) is 1.70. The van der Waals surface area contributed by atoms with Crippen LogP contribution < -0.4 is 5.90 Å². The minimum atomic E-state index is -0.498. The Morgan fingerprint density at radius 3 is 2.64 bits per heavy atom. The summed E-state index contributed by atoms with van der Waals surface area (Å²) in [6.45, 7) is 5.45. The maximum Gasteiger partial charge on any atom is 0.253 e. The van der Waals surface area contributed by atoms with Gasteiger partial charge < -0.3 is 4.90 Å². The number of amides is 1. The lowest BCUT2D eigenvalue weighted by atomic mass is 10.0. The van der Waals surface area contributed by atoms with E-state index in [4.69, 9.17) is 5.90 Å². The molecular weight excluding hydrogens is 144 g/mol. The van der Waals surface area contributed by atoms with E-state index in [-0.39, 0.29) is 5.91 Å². The molecule has 0 unspecified atom stereocenters. The van der Waals surface area contributed by atoms with Crippen molar-refractivity contribution in [2.75, 3.05) is 13.1 Å². The second kappa shape index (κ2) is 3.19. The van der Waals surface area contributed by atoms with Crippen LogP contribution in [0.2, 0.25) is 0 Å². The molecule has 0 aromatic rings. The minimum absolute atomic E-state index is 0.00870. The summed E-state index contributed by atoms with van der Waals surface area (Å²) in [4.78, 5) is 17.4. The van der Waals surface area contributed by atoms with Crippen molar-refractivity contribution >= 4 is 5.91 Å². The number of carbonyl (C=O) groups is 1. The lowest BCUT2D eigenvalue weighted by Crippen LogP contribution is -2.52. The van der Waals surface area contributed by atoms with Gasteiger partial charge in [0.25, 0.3) is 5.91 Å². The molecule has 0 aromatic carbocycles. The molecule has 1 aliphatic heterocycles. The maximum atomic E-state index is 11.2. The molecule has 1 aliphatic rings. The summed E-state index contributed by atoms with van der Waals surface area (Å²) < 4.78 is 0. The summed E-state index contributed by atoms with van der Waals surface area (Å²) in [7, 11) is 0. The quantitative estimate of drug-likeness (QED) is 0.563. The Morgan fingerprint density at radius 2 is 2.27 bits per heavy atom. The molecular formula is C7H14N2O2. The first-order valence-electron chi connectivity index (χ1n) is 3.79. The van der Waals surface area contributed by atoms with Crippen LogP contribution in [-0.4, -0.2) is 30.0 Å². The molecule has 1 saturated heterocycles. The molecule has 1 fully saturated rings. The number of carbonyl (C=O) groups excluding carboxylic acids is 1. The van der Waals surface area contributed by atoms with Crippen LogP contribution in [-0.2, 0) is 9.63 Å². The Bertz CT molecular complexity index is 155. The van der Waals surface area contributed by atoms with E-state index in [1.807, 2.05) is 0 Å². The molecule has 4 heteroatoms. The molecule has 0 saturated carbocycles. The average molecular weight is 158 g/mol. The maximum absolute atomic E-state index is 11.2. The summed E-state index contributed by atoms with van der Waals surface area (Å²) in [5.41, 5.74) is 0. The summed E-state index contributed by atoms with van der Waals surface area (Å²) in [5, 5.41) is 0. The summed E-state index contributed by atoms with van der Waals surface area (Å²) >= 11 is 0. The molecule has 0 aromatic heterocycles. The molecule has 1 rings (SSSR count). The van der Waals surface area contributed by atoms with Gasteiger partial charge in [0.15, 0.2) is 6.10 Å². The van der Waals surface area contributed by atoms with Crippen molar-refractivity contribution in [1.29, 1.82) is 0 Å². The topological polar surface area (TPSA) is 55.6 Å². The fraction of sp³-hybridized carbons (Fsp3) is 0.857. The van der Waals surface area contributed by atoms with Gasteiger partial charge in [0, 0.05) is 13.1 Å². The van der Waals surface area contributed by atoms with Crippen LogP contribution in [0.15, 0.2) is 0 Å². The zero-order chi connectivity index (χ0) is 8.43. The largest absolute Gasteiger partial charge is 0.340 e. The van der Waals surface area contributed by atoms with Crippen molar-refractivity contribution in [3.8, 4) is 0 Å². The minimum Gasteiger partial charge on any atom is -0.340 e. The van der Waals surface area contributed by atoms with E-state index in [1.165, 1.54) is 0 Å². The molecule has 4 nitrogen and oxygen atoms in total. The van der Waals surface area contributed by atoms with Gasteiger partial charge in [-0.05, 0) is 12.8 Å². The van der Waals surface area contributed by atoms with E-state index in [1.54, 1.807) is 11.8 Å². The molecule has 2 N–H and O–H groups in total. The third-order valence-electron chi connectivity index (χ3n) is 1.93. The Hall–Kier alpha value is -0.610. The molecule has 0 radical (unpaired) electrons. The van der Waals surface area contributed by atoms with Gasteiger partial charge in [0.05, 0.1) is 0 Å². The van der Waals surface area contributed by atoms with E-state index in [2.05, 4.69) is 11.8 Å². The van der Waals surface area contributed by atoms with Crippen molar-refractivity contribution in [3.63, 3.8) is 0 Å². The van der Waals surface area contributed by atoms with Crippen molar-refractivity contribution in [2.45, 2.75) is 20.0 Å². The van der Waals surface area contributed by atoms with Gasteiger partial charge in [-0.1, -0.05) is 6.92 Å². The van der Waals surface area contributed by atoms with Gasteiger partial charge in [-0.2, -0.15) is 0 Å². The number of hydrogen-bond donors (Lipinski definition) is 1. The predicted octanol–water partition coefficient (Wildman–Crippen LogP) is -0.256. The van der Waals surface area contributed by atoms with Crippen molar-refractivity contribution < 1.29 is 9.63 Å². The predicted molar refractivity (Wildman–Crippen MR) is 40.5 cm³/mol. The molecule has 1 heterocycles. The molecule has 0 aliphatic carbocycles. The van der Waals surface area contributed by atoms with E-state index >= 15 is 0 Å². The highest BCUT2D eigenvalue weighted by Crippen LogP contribution is 2.15. The summed E-state index contributed by atoms with van der Waals surface area (Å²) in [6.07, 6.45) is -0.498. The smallest absolute Gasteiger partial charge is 0.253 e. The normalized spacial score (nSPS) is 21.2. The van der Waals surface area contributed by atoms with Crippen LogP contribution in [0, 0.1) is 5.92 Å². The highest BCUT2D eigenvalue weighted by molar-refractivity contribution is 5.81. The SMILES string of the molecule is CC1CN(C(=O)[C@H](C)ON)C1. The van der Waals surface area contributed by atoms with Crippen LogP contribution in [0.3, 0.4) is 0 Å². The lowest BCUT2D eigenvalue weighted by Gasteiger charge is -2.38. The number of rotatable bonds is 2. The van der Waals surface area contributed by atoms with Crippen molar-refractivity contribution in [1.82, 2.24) is 4.90 Å². The second-order valence-electron chi connectivity index (χ2n) is 3.13. The van der Waals surface area contributed by atoms with E-state index < -0.39 is 6.10 Å². The van der Waals surface area contributed by atoms with Gasteiger partial charge in [-0.15, -0.1) is 0 Å². The number of nitrogens with zero attached hydrogens (tertiary/aromatic N) is 1. The zero-order valence-electron chi connectivity index (χ0n) is 6.91. The number of nitrogens with two attached hydrogens (primary N) is 1. The first kappa shape index (κ1) is 8.49. The van der Waals surface area contributed by atoms with Gasteiger partial charge in [-0.3, -0.25) is 9.63 Å². The first-order valence-corrected chi connectivity index (χ1v) is 3.79. The monoisotopic (exact) mass is 158 g/mol. The zero-order valence-corrected chi connectivity index (χ0v) is 6.91. The van der Waals surface area contributed by atoms with Crippen LogP contribution in [0.4, 0.5) is 0 Å². The fourth-order valence-electron chi connectivity index (χ4n) is 1.19. The molecule has 64 valence electrons. The fourth-order valence-corrected chi connectivity index (χ4v) is 1.19. The lowest BCUT2D eigenvalue weighted by molar-refractivity contribution is -0.149. The standard InChI is InChI=1S/C7H14N2O2/c1-5-3-9(4-5)7(10)6(2)11-8/h5-6H,3-4,8H2,1-2H3/t6-/m0/s1. The highest BCUT2D eigenvalue weighted by atomic mass is 16.6. The van der Waals surface area contributed by atoms with Gasteiger partial charge >= 0.3 is 0 Å². The van der Waals surface area contributed by atoms with Gasteiger partial charge in [0.2, 0.25) is 0 Å². The van der Waals surface area contributed by atoms with E-state index in [0.29, 0.717) is 5.92 Å². The molecule has 1 amide bonds. The Kier molecular flexibility index (Phi) is 2.46. The van der Waals surface area contributed by atoms with Crippen molar-refractivity contribution in [3.05, 3.63) is 0 Å². The number of hydrogen-bond acceptors (Lipinski definition) is 3.